The van der Waals surface area contributed by atoms with Crippen molar-refractivity contribution in [1.29, 1.82) is 0 Å². The molecular formula is C20H18N2O3. The summed E-state index contributed by atoms with van der Waals surface area (Å²) in [5.41, 5.74) is 1.96. The van der Waals surface area contributed by atoms with Crippen molar-refractivity contribution >= 4 is 29.4 Å². The van der Waals surface area contributed by atoms with Gasteiger partial charge in [0.1, 0.15) is 5.76 Å². The van der Waals surface area contributed by atoms with Gasteiger partial charge < -0.3 is 14.4 Å². The van der Waals surface area contributed by atoms with Crippen molar-refractivity contribution in [2.45, 2.75) is 6.92 Å². The van der Waals surface area contributed by atoms with E-state index in [-0.39, 0.29) is 5.56 Å². The van der Waals surface area contributed by atoms with Crippen molar-refractivity contribution in [3.8, 4) is 0 Å². The number of rotatable bonds is 6. The molecule has 1 aromatic heterocycles. The number of nitrogens with zero attached hydrogens (tertiary/aromatic N) is 2. The molecule has 5 heteroatoms. The van der Waals surface area contributed by atoms with Crippen LogP contribution in [0.5, 0.6) is 0 Å². The zero-order chi connectivity index (χ0) is 17.6. The number of benzene rings is 2. The Morgan fingerprint density at radius 3 is 2.44 bits per heavy atom. The summed E-state index contributed by atoms with van der Waals surface area (Å²) in [6.07, 6.45) is 1.62. The zero-order valence-electron chi connectivity index (χ0n) is 13.8. The standard InChI is InChI=1S/C20H18N2O3/c1-2-22(17-6-4-3-5-7-17)19-13-12-18(25-19)14-21-16-10-8-15(9-11-16)20(23)24/h3-14H,2H2,1H3,(H,23,24). The van der Waals surface area contributed by atoms with Crippen LogP contribution in [0.2, 0.25) is 0 Å². The molecule has 0 unspecified atom stereocenters. The average molecular weight is 334 g/mol. The quantitative estimate of drug-likeness (QED) is 0.652. The Hall–Kier alpha value is -3.34. The lowest BCUT2D eigenvalue weighted by Gasteiger charge is -2.19. The Kier molecular flexibility index (Phi) is 4.95. The summed E-state index contributed by atoms with van der Waals surface area (Å²) in [6.45, 7) is 2.85. The zero-order valence-corrected chi connectivity index (χ0v) is 13.8. The highest BCUT2D eigenvalue weighted by atomic mass is 16.4. The van der Waals surface area contributed by atoms with Crippen LogP contribution in [0.25, 0.3) is 0 Å². The van der Waals surface area contributed by atoms with Gasteiger partial charge in [0.15, 0.2) is 0 Å². The molecular weight excluding hydrogens is 316 g/mol. The summed E-state index contributed by atoms with van der Waals surface area (Å²) in [5, 5.41) is 8.90. The summed E-state index contributed by atoms with van der Waals surface area (Å²) in [7, 11) is 0. The van der Waals surface area contributed by atoms with Gasteiger partial charge in [0.05, 0.1) is 17.5 Å². The Morgan fingerprint density at radius 1 is 1.08 bits per heavy atom. The maximum Gasteiger partial charge on any atom is 0.335 e. The first-order valence-electron chi connectivity index (χ1n) is 7.97. The number of hydrogen-bond acceptors (Lipinski definition) is 4. The van der Waals surface area contributed by atoms with E-state index in [9.17, 15) is 4.79 Å². The van der Waals surface area contributed by atoms with Gasteiger partial charge in [0.2, 0.25) is 5.88 Å². The third kappa shape index (κ3) is 3.95. The molecule has 0 radical (unpaired) electrons. The Balaban J connectivity index is 1.75. The molecule has 0 aliphatic heterocycles. The van der Waals surface area contributed by atoms with Gasteiger partial charge in [-0.05, 0) is 49.4 Å². The van der Waals surface area contributed by atoms with Crippen LogP contribution in [0.15, 0.2) is 76.1 Å². The second-order valence-corrected chi connectivity index (χ2v) is 5.37. The Labute approximate surface area is 145 Å². The number of para-hydroxylation sites is 1. The fraction of sp³-hybridized carbons (Fsp3) is 0.100. The minimum atomic E-state index is -0.952. The molecule has 0 aliphatic rings. The third-order valence-corrected chi connectivity index (χ3v) is 3.72. The van der Waals surface area contributed by atoms with Crippen molar-refractivity contribution < 1.29 is 14.3 Å². The van der Waals surface area contributed by atoms with E-state index in [2.05, 4.69) is 16.8 Å². The summed E-state index contributed by atoms with van der Waals surface area (Å²) >= 11 is 0. The van der Waals surface area contributed by atoms with E-state index in [1.54, 1.807) is 18.3 Å². The lowest BCUT2D eigenvalue weighted by molar-refractivity contribution is 0.0697. The molecule has 0 spiro atoms. The predicted octanol–water partition coefficient (Wildman–Crippen LogP) is 4.89. The monoisotopic (exact) mass is 334 g/mol. The van der Waals surface area contributed by atoms with Gasteiger partial charge in [-0.2, -0.15) is 0 Å². The summed E-state index contributed by atoms with van der Waals surface area (Å²) in [5.74, 6) is 0.426. The van der Waals surface area contributed by atoms with E-state index in [1.165, 1.54) is 12.1 Å². The highest BCUT2D eigenvalue weighted by molar-refractivity contribution is 5.88. The first-order valence-corrected chi connectivity index (χ1v) is 7.97. The number of aromatic carboxylic acids is 1. The predicted molar refractivity (Wildman–Crippen MR) is 98.5 cm³/mol. The Morgan fingerprint density at radius 2 is 1.80 bits per heavy atom. The molecule has 3 aromatic rings. The molecule has 0 aliphatic carbocycles. The highest BCUT2D eigenvalue weighted by Gasteiger charge is 2.10. The second-order valence-electron chi connectivity index (χ2n) is 5.37. The second kappa shape index (κ2) is 7.49. The van der Waals surface area contributed by atoms with Gasteiger partial charge in [-0.3, -0.25) is 4.99 Å². The molecule has 3 rings (SSSR count). The molecule has 0 fully saturated rings. The number of aliphatic imine (C=N–C) groups is 1. The van der Waals surface area contributed by atoms with Gasteiger partial charge in [-0.25, -0.2) is 4.79 Å². The average Bonchev–Trinajstić information content (AvgIpc) is 3.10. The molecule has 0 amide bonds. The maximum atomic E-state index is 10.8. The minimum Gasteiger partial charge on any atom is -0.478 e. The van der Waals surface area contributed by atoms with Crippen LogP contribution in [0.3, 0.4) is 0 Å². The molecule has 5 nitrogen and oxygen atoms in total. The van der Waals surface area contributed by atoms with E-state index >= 15 is 0 Å². The smallest absolute Gasteiger partial charge is 0.335 e. The van der Waals surface area contributed by atoms with Gasteiger partial charge in [-0.1, -0.05) is 18.2 Å². The van der Waals surface area contributed by atoms with E-state index < -0.39 is 5.97 Å². The van der Waals surface area contributed by atoms with Crippen molar-refractivity contribution in [2.75, 3.05) is 11.4 Å². The number of anilines is 2. The lowest BCUT2D eigenvalue weighted by atomic mass is 10.2. The number of carbonyl (C=O) groups is 1. The first-order chi connectivity index (χ1) is 12.2. The first kappa shape index (κ1) is 16.5. The number of carboxylic acid groups (broad SMARTS) is 1. The minimum absolute atomic E-state index is 0.237. The summed E-state index contributed by atoms with van der Waals surface area (Å²) < 4.78 is 5.86. The maximum absolute atomic E-state index is 10.8. The normalized spacial score (nSPS) is 10.9. The molecule has 1 heterocycles. The van der Waals surface area contributed by atoms with Crippen molar-refractivity contribution in [3.63, 3.8) is 0 Å². The molecule has 25 heavy (non-hydrogen) atoms. The largest absolute Gasteiger partial charge is 0.478 e. The van der Waals surface area contributed by atoms with Crippen LogP contribution in [-0.4, -0.2) is 23.8 Å². The van der Waals surface area contributed by atoms with Crippen molar-refractivity contribution in [1.82, 2.24) is 0 Å². The Bertz CT molecular complexity index is 867. The number of hydrogen-bond donors (Lipinski definition) is 1. The highest BCUT2D eigenvalue weighted by Crippen LogP contribution is 2.26. The van der Waals surface area contributed by atoms with E-state index in [0.29, 0.717) is 11.4 Å². The molecule has 0 atom stereocenters. The van der Waals surface area contributed by atoms with Crippen molar-refractivity contribution in [2.24, 2.45) is 4.99 Å². The molecule has 0 saturated carbocycles. The van der Waals surface area contributed by atoms with E-state index in [0.717, 1.165) is 18.1 Å². The fourth-order valence-electron chi connectivity index (χ4n) is 2.46. The van der Waals surface area contributed by atoms with Gasteiger partial charge in [0.25, 0.3) is 0 Å². The topological polar surface area (TPSA) is 66.0 Å². The molecule has 126 valence electrons. The fourth-order valence-corrected chi connectivity index (χ4v) is 2.46. The summed E-state index contributed by atoms with van der Waals surface area (Å²) in [4.78, 5) is 17.2. The third-order valence-electron chi connectivity index (χ3n) is 3.72. The SMILES string of the molecule is CCN(c1ccccc1)c1ccc(C=Nc2ccc(C(=O)O)cc2)o1. The number of carboxylic acids is 1. The number of furan rings is 1. The van der Waals surface area contributed by atoms with Gasteiger partial charge in [0, 0.05) is 18.3 Å². The van der Waals surface area contributed by atoms with Crippen LogP contribution >= 0.6 is 0 Å². The van der Waals surface area contributed by atoms with Crippen LogP contribution in [0.1, 0.15) is 23.0 Å². The van der Waals surface area contributed by atoms with Gasteiger partial charge >= 0.3 is 5.97 Å². The molecule has 2 aromatic carbocycles. The summed E-state index contributed by atoms with van der Waals surface area (Å²) in [6, 6.07) is 20.2. The molecule has 0 saturated heterocycles. The van der Waals surface area contributed by atoms with Crippen molar-refractivity contribution in [3.05, 3.63) is 78.1 Å². The van der Waals surface area contributed by atoms with Crippen LogP contribution in [0, 0.1) is 0 Å². The van der Waals surface area contributed by atoms with E-state index in [1.807, 2.05) is 42.5 Å². The van der Waals surface area contributed by atoms with Crippen LogP contribution in [0.4, 0.5) is 17.3 Å². The molecule has 0 bridgehead atoms. The van der Waals surface area contributed by atoms with E-state index in [4.69, 9.17) is 9.52 Å². The van der Waals surface area contributed by atoms with Crippen LogP contribution in [-0.2, 0) is 0 Å². The lowest BCUT2D eigenvalue weighted by Crippen LogP contribution is -2.14. The molecule has 1 N–H and O–H groups in total. The van der Waals surface area contributed by atoms with Gasteiger partial charge in [-0.15, -0.1) is 0 Å². The van der Waals surface area contributed by atoms with Crippen LogP contribution < -0.4 is 4.90 Å².